The number of hydrogen-bond donors (Lipinski definition) is 0. The van der Waals surface area contributed by atoms with Crippen LogP contribution >= 0.6 is 0 Å². The fraction of sp³-hybridized carbons (Fsp3) is 0.625. The lowest BCUT2D eigenvalue weighted by molar-refractivity contribution is 0.406. The second kappa shape index (κ2) is 6.08. The zero-order valence-electron chi connectivity index (χ0n) is 10.5. The number of unbranched alkanes of at least 4 members (excludes halogenated alkanes) is 3. The molecule has 1 atom stereocenters. The number of hydrogen-bond acceptors (Lipinski definition) is 0. The lowest BCUT2D eigenvalue weighted by Crippen LogP contribution is -2.13. The molecule has 0 heteroatoms. The van der Waals surface area contributed by atoms with E-state index in [1.165, 1.54) is 51.4 Å². The van der Waals surface area contributed by atoms with Crippen LogP contribution in [0.5, 0.6) is 0 Å². The quantitative estimate of drug-likeness (QED) is 0.622. The molecule has 0 saturated heterocycles. The van der Waals surface area contributed by atoms with Crippen LogP contribution in [0.25, 0.3) is 0 Å². The van der Waals surface area contributed by atoms with E-state index in [-0.39, 0.29) is 0 Å². The van der Waals surface area contributed by atoms with Crippen molar-refractivity contribution in [1.29, 1.82) is 0 Å². The summed E-state index contributed by atoms with van der Waals surface area (Å²) in [6.07, 6.45) is 11.2. The highest BCUT2D eigenvalue weighted by atomic mass is 14.2. The van der Waals surface area contributed by atoms with Crippen LogP contribution in [0.1, 0.15) is 56.6 Å². The molecule has 0 spiro atoms. The Labute approximate surface area is 100 Å². The second-order valence-corrected chi connectivity index (χ2v) is 5.23. The SMILES string of the molecule is CCCCCCC1CCc2ccccc2C1. The second-order valence-electron chi connectivity index (χ2n) is 5.23. The summed E-state index contributed by atoms with van der Waals surface area (Å²) in [5.74, 6) is 0.965. The molecule has 1 aliphatic carbocycles. The third-order valence-electron chi connectivity index (χ3n) is 3.91. The van der Waals surface area contributed by atoms with Gasteiger partial charge in [-0.2, -0.15) is 0 Å². The first kappa shape index (κ1) is 11.7. The molecule has 0 aromatic heterocycles. The van der Waals surface area contributed by atoms with Crippen LogP contribution in [0.3, 0.4) is 0 Å². The van der Waals surface area contributed by atoms with Crippen LogP contribution < -0.4 is 0 Å². The predicted octanol–water partition coefficient (Wildman–Crippen LogP) is 4.76. The summed E-state index contributed by atoms with van der Waals surface area (Å²) in [5, 5.41) is 0. The van der Waals surface area contributed by atoms with Gasteiger partial charge >= 0.3 is 0 Å². The van der Waals surface area contributed by atoms with E-state index in [0.717, 1.165) is 5.92 Å². The van der Waals surface area contributed by atoms with E-state index in [4.69, 9.17) is 0 Å². The smallest absolute Gasteiger partial charge is 0.0248 e. The molecule has 88 valence electrons. The maximum absolute atomic E-state index is 2.33. The normalized spacial score (nSPS) is 19.4. The Morgan fingerprint density at radius 1 is 1.06 bits per heavy atom. The minimum Gasteiger partial charge on any atom is -0.0654 e. The van der Waals surface area contributed by atoms with Crippen molar-refractivity contribution in [2.75, 3.05) is 0 Å². The molecule has 0 radical (unpaired) electrons. The van der Waals surface area contributed by atoms with Crippen molar-refractivity contribution in [3.8, 4) is 0 Å². The molecule has 0 fully saturated rings. The average molecular weight is 216 g/mol. The molecule has 0 amide bonds. The maximum atomic E-state index is 2.33. The van der Waals surface area contributed by atoms with E-state index in [2.05, 4.69) is 31.2 Å². The van der Waals surface area contributed by atoms with Crippen molar-refractivity contribution >= 4 is 0 Å². The van der Waals surface area contributed by atoms with E-state index in [1.54, 1.807) is 11.1 Å². The summed E-state index contributed by atoms with van der Waals surface area (Å²) < 4.78 is 0. The number of fused-ring (bicyclic) bond motifs is 1. The summed E-state index contributed by atoms with van der Waals surface area (Å²) >= 11 is 0. The van der Waals surface area contributed by atoms with Gasteiger partial charge in [-0.25, -0.2) is 0 Å². The minimum absolute atomic E-state index is 0.965. The molecular weight excluding hydrogens is 192 g/mol. The van der Waals surface area contributed by atoms with Crippen LogP contribution in [0.15, 0.2) is 24.3 Å². The number of benzene rings is 1. The van der Waals surface area contributed by atoms with E-state index in [0.29, 0.717) is 0 Å². The lowest BCUT2D eigenvalue weighted by atomic mass is 9.81. The predicted molar refractivity (Wildman–Crippen MR) is 70.7 cm³/mol. The molecule has 0 bridgehead atoms. The largest absolute Gasteiger partial charge is 0.0654 e. The van der Waals surface area contributed by atoms with Crippen molar-refractivity contribution in [2.45, 2.75) is 58.3 Å². The Morgan fingerprint density at radius 2 is 1.88 bits per heavy atom. The van der Waals surface area contributed by atoms with E-state index in [9.17, 15) is 0 Å². The first-order valence-electron chi connectivity index (χ1n) is 6.97. The van der Waals surface area contributed by atoms with Crippen molar-refractivity contribution in [1.82, 2.24) is 0 Å². The van der Waals surface area contributed by atoms with E-state index in [1.807, 2.05) is 0 Å². The van der Waals surface area contributed by atoms with Gasteiger partial charge in [-0.3, -0.25) is 0 Å². The number of rotatable bonds is 5. The van der Waals surface area contributed by atoms with Gasteiger partial charge in [0.2, 0.25) is 0 Å². The van der Waals surface area contributed by atoms with Gasteiger partial charge in [0, 0.05) is 0 Å². The Kier molecular flexibility index (Phi) is 4.44. The molecule has 1 aromatic rings. The van der Waals surface area contributed by atoms with Gasteiger partial charge < -0.3 is 0 Å². The van der Waals surface area contributed by atoms with E-state index < -0.39 is 0 Å². The van der Waals surface area contributed by atoms with Crippen molar-refractivity contribution in [3.05, 3.63) is 35.4 Å². The summed E-state index contributed by atoms with van der Waals surface area (Å²) in [6, 6.07) is 9.01. The first-order valence-corrected chi connectivity index (χ1v) is 6.97. The summed E-state index contributed by atoms with van der Waals surface area (Å²) in [7, 11) is 0. The van der Waals surface area contributed by atoms with Crippen LogP contribution in [0.2, 0.25) is 0 Å². The molecule has 0 nitrogen and oxygen atoms in total. The van der Waals surface area contributed by atoms with Gasteiger partial charge in [-0.05, 0) is 36.3 Å². The Morgan fingerprint density at radius 3 is 2.69 bits per heavy atom. The molecule has 2 rings (SSSR count). The average Bonchev–Trinajstić information content (AvgIpc) is 2.34. The maximum Gasteiger partial charge on any atom is -0.0248 e. The van der Waals surface area contributed by atoms with Crippen molar-refractivity contribution < 1.29 is 0 Å². The van der Waals surface area contributed by atoms with Crippen LogP contribution in [0.4, 0.5) is 0 Å². The van der Waals surface area contributed by atoms with Gasteiger partial charge in [-0.1, -0.05) is 63.3 Å². The zero-order chi connectivity index (χ0) is 11.2. The standard InChI is InChI=1S/C16H24/c1-2-3-4-5-8-14-11-12-15-9-6-7-10-16(15)13-14/h6-7,9-10,14H,2-5,8,11-13H2,1H3. The highest BCUT2D eigenvalue weighted by Gasteiger charge is 2.17. The van der Waals surface area contributed by atoms with Gasteiger partial charge in [-0.15, -0.1) is 0 Å². The molecule has 16 heavy (non-hydrogen) atoms. The topological polar surface area (TPSA) is 0 Å². The lowest BCUT2D eigenvalue weighted by Gasteiger charge is -2.24. The Balaban J connectivity index is 1.79. The fourth-order valence-electron chi connectivity index (χ4n) is 2.88. The molecular formula is C16H24. The van der Waals surface area contributed by atoms with Crippen LogP contribution in [0, 0.1) is 5.92 Å². The van der Waals surface area contributed by atoms with Crippen LogP contribution in [-0.2, 0) is 12.8 Å². The molecule has 0 heterocycles. The van der Waals surface area contributed by atoms with Gasteiger partial charge in [0.15, 0.2) is 0 Å². The third-order valence-corrected chi connectivity index (χ3v) is 3.91. The summed E-state index contributed by atoms with van der Waals surface area (Å²) in [6.45, 7) is 2.29. The molecule has 1 aromatic carbocycles. The molecule has 0 N–H and O–H groups in total. The Bertz CT molecular complexity index is 314. The van der Waals surface area contributed by atoms with Gasteiger partial charge in [0.1, 0.15) is 0 Å². The third kappa shape index (κ3) is 3.10. The monoisotopic (exact) mass is 216 g/mol. The number of aryl methyl sites for hydroxylation is 1. The van der Waals surface area contributed by atoms with E-state index >= 15 is 0 Å². The summed E-state index contributed by atoms with van der Waals surface area (Å²) in [5.41, 5.74) is 3.22. The minimum atomic E-state index is 0.965. The highest BCUT2D eigenvalue weighted by molar-refractivity contribution is 5.29. The highest BCUT2D eigenvalue weighted by Crippen LogP contribution is 2.28. The zero-order valence-corrected chi connectivity index (χ0v) is 10.5. The van der Waals surface area contributed by atoms with Crippen molar-refractivity contribution in [3.63, 3.8) is 0 Å². The molecule has 0 aliphatic heterocycles. The summed E-state index contributed by atoms with van der Waals surface area (Å²) in [4.78, 5) is 0. The van der Waals surface area contributed by atoms with Gasteiger partial charge in [0.25, 0.3) is 0 Å². The first-order chi connectivity index (χ1) is 7.90. The molecule has 1 aliphatic rings. The molecule has 0 saturated carbocycles. The van der Waals surface area contributed by atoms with Crippen molar-refractivity contribution in [2.24, 2.45) is 5.92 Å². The fourth-order valence-corrected chi connectivity index (χ4v) is 2.88. The Hall–Kier alpha value is -0.780. The van der Waals surface area contributed by atoms with Crippen LogP contribution in [-0.4, -0.2) is 0 Å². The molecule has 1 unspecified atom stereocenters. The van der Waals surface area contributed by atoms with Gasteiger partial charge in [0.05, 0.1) is 0 Å².